The van der Waals surface area contributed by atoms with E-state index in [1.807, 2.05) is 24.3 Å². The average molecular weight is 447 g/mol. The number of halogens is 1. The highest BCUT2D eigenvalue weighted by Gasteiger charge is 2.33. The Morgan fingerprint density at radius 1 is 1.15 bits per heavy atom. The summed E-state index contributed by atoms with van der Waals surface area (Å²) < 4.78 is 15.7. The zero-order valence-electron chi connectivity index (χ0n) is 18.7. The van der Waals surface area contributed by atoms with Crippen molar-refractivity contribution in [2.45, 2.75) is 6.42 Å². The van der Waals surface area contributed by atoms with Crippen LogP contribution in [0.5, 0.6) is 0 Å². The molecule has 0 unspecified atom stereocenters. The van der Waals surface area contributed by atoms with Crippen molar-refractivity contribution in [2.75, 3.05) is 26.2 Å². The van der Waals surface area contributed by atoms with Gasteiger partial charge in [-0.1, -0.05) is 48.5 Å². The Balaban J connectivity index is 1.56. The number of carbonyl (C=O) groups is 2. The fourth-order valence-electron chi connectivity index (χ4n) is 4.26. The van der Waals surface area contributed by atoms with E-state index in [2.05, 4.69) is 11.7 Å². The van der Waals surface area contributed by atoms with Crippen molar-refractivity contribution in [1.29, 1.82) is 0 Å². The number of nitrogens with zero attached hydrogens (tertiary/aromatic N) is 4. The number of carbonyl (C=O) groups excluding carboxylic acids is 2. The van der Waals surface area contributed by atoms with Crippen molar-refractivity contribution < 1.29 is 14.0 Å². The second-order valence-electron chi connectivity index (χ2n) is 8.24. The Morgan fingerprint density at radius 2 is 1.91 bits per heavy atom. The first-order valence-corrected chi connectivity index (χ1v) is 11.0. The highest BCUT2D eigenvalue weighted by atomic mass is 19.1. The molecule has 33 heavy (non-hydrogen) atoms. The maximum atomic E-state index is 14.1. The summed E-state index contributed by atoms with van der Waals surface area (Å²) in [6, 6.07) is 15.9. The molecule has 2 aromatic carbocycles. The molecule has 0 bridgehead atoms. The molecule has 6 nitrogen and oxygen atoms in total. The Labute approximate surface area is 192 Å². The fourth-order valence-corrected chi connectivity index (χ4v) is 4.26. The van der Waals surface area contributed by atoms with Gasteiger partial charge in [-0.25, -0.2) is 4.39 Å². The molecule has 170 valence electrons. The molecule has 1 aliphatic heterocycles. The van der Waals surface area contributed by atoms with Crippen LogP contribution in [0.2, 0.25) is 0 Å². The lowest BCUT2D eigenvalue weighted by Crippen LogP contribution is -2.38. The van der Waals surface area contributed by atoms with Crippen LogP contribution in [-0.4, -0.2) is 57.6 Å². The van der Waals surface area contributed by atoms with E-state index in [1.54, 1.807) is 58.1 Å². The summed E-state index contributed by atoms with van der Waals surface area (Å²) in [5.74, 6) is -0.783. The Hall–Kier alpha value is -3.74. The molecule has 1 saturated heterocycles. The highest BCUT2D eigenvalue weighted by molar-refractivity contribution is 5.93. The van der Waals surface area contributed by atoms with E-state index in [4.69, 9.17) is 0 Å². The van der Waals surface area contributed by atoms with Crippen LogP contribution in [0, 0.1) is 11.7 Å². The van der Waals surface area contributed by atoms with Crippen molar-refractivity contribution in [3.63, 3.8) is 0 Å². The molecule has 0 radical (unpaired) electrons. The van der Waals surface area contributed by atoms with Crippen molar-refractivity contribution in [3.05, 3.63) is 90.5 Å². The second kappa shape index (κ2) is 9.81. The maximum absolute atomic E-state index is 14.1. The van der Waals surface area contributed by atoms with Crippen LogP contribution >= 0.6 is 0 Å². The quantitative estimate of drug-likeness (QED) is 0.544. The largest absolute Gasteiger partial charge is 0.337 e. The predicted molar refractivity (Wildman–Crippen MR) is 125 cm³/mol. The van der Waals surface area contributed by atoms with Crippen LogP contribution in [0.1, 0.15) is 16.1 Å². The molecule has 4 rings (SSSR count). The molecule has 1 aromatic heterocycles. The average Bonchev–Trinajstić information content (AvgIpc) is 3.19. The molecular weight excluding hydrogens is 419 g/mol. The predicted octanol–water partition coefficient (Wildman–Crippen LogP) is 3.56. The SMILES string of the molecule is C=CCN1CCN(C(=O)c2ccnn2C)C[C@@H](Cc2ccc(-c3ccccc3F)cc2)C1=O. The molecule has 2 heterocycles. The topological polar surface area (TPSA) is 58.4 Å². The van der Waals surface area contributed by atoms with Crippen molar-refractivity contribution in [3.8, 4) is 11.1 Å². The third-order valence-corrected chi connectivity index (χ3v) is 6.04. The van der Waals surface area contributed by atoms with Crippen molar-refractivity contribution in [1.82, 2.24) is 19.6 Å². The standard InChI is InChI=1S/C26H27FN4O2/c1-3-14-30-15-16-31(26(33)24-12-13-28-29(24)2)18-21(25(30)32)17-19-8-10-20(11-9-19)22-6-4-5-7-23(22)27/h3-13,21H,1,14-18H2,2H3/t21-/m1/s1. The lowest BCUT2D eigenvalue weighted by Gasteiger charge is -2.23. The van der Waals surface area contributed by atoms with E-state index in [0.29, 0.717) is 43.9 Å². The molecule has 0 N–H and O–H groups in total. The molecule has 1 atom stereocenters. The number of rotatable bonds is 6. The lowest BCUT2D eigenvalue weighted by molar-refractivity contribution is -0.134. The van der Waals surface area contributed by atoms with Gasteiger partial charge in [0.05, 0.1) is 5.92 Å². The van der Waals surface area contributed by atoms with Crippen molar-refractivity contribution in [2.24, 2.45) is 13.0 Å². The lowest BCUT2D eigenvalue weighted by atomic mass is 9.95. The van der Waals surface area contributed by atoms with Crippen LogP contribution in [-0.2, 0) is 18.3 Å². The number of amides is 2. The van der Waals surface area contributed by atoms with Crippen LogP contribution in [0.25, 0.3) is 11.1 Å². The molecular formula is C26H27FN4O2. The fraction of sp³-hybridized carbons (Fsp3) is 0.269. The second-order valence-corrected chi connectivity index (χ2v) is 8.24. The van der Waals surface area contributed by atoms with E-state index in [0.717, 1.165) is 11.1 Å². The van der Waals surface area contributed by atoms with Gasteiger partial charge in [-0.2, -0.15) is 5.10 Å². The zero-order chi connectivity index (χ0) is 23.4. The first-order valence-electron chi connectivity index (χ1n) is 11.0. The summed E-state index contributed by atoms with van der Waals surface area (Å²) in [5.41, 5.74) is 2.78. The van der Waals surface area contributed by atoms with E-state index in [-0.39, 0.29) is 23.5 Å². The summed E-state index contributed by atoms with van der Waals surface area (Å²) in [6.45, 7) is 5.44. The van der Waals surface area contributed by atoms with Gasteiger partial charge in [0, 0.05) is 45.0 Å². The summed E-state index contributed by atoms with van der Waals surface area (Å²) in [6.07, 6.45) is 3.78. The maximum Gasteiger partial charge on any atom is 0.272 e. The number of hydrogen-bond donors (Lipinski definition) is 0. The van der Waals surface area contributed by atoms with Gasteiger partial charge in [-0.3, -0.25) is 14.3 Å². The van der Waals surface area contributed by atoms with Crippen LogP contribution in [0.3, 0.4) is 0 Å². The first-order chi connectivity index (χ1) is 16.0. The molecule has 7 heteroatoms. The van der Waals surface area contributed by atoms with Gasteiger partial charge in [-0.05, 0) is 29.7 Å². The third kappa shape index (κ3) is 4.87. The highest BCUT2D eigenvalue weighted by Crippen LogP contribution is 2.25. The molecule has 0 saturated carbocycles. The minimum absolute atomic E-state index is 0.00777. The van der Waals surface area contributed by atoms with Gasteiger partial charge in [-0.15, -0.1) is 6.58 Å². The third-order valence-electron chi connectivity index (χ3n) is 6.04. The minimum atomic E-state index is -0.385. The van der Waals surface area contributed by atoms with Gasteiger partial charge in [0.15, 0.2) is 0 Å². The number of aromatic nitrogens is 2. The Morgan fingerprint density at radius 3 is 2.58 bits per heavy atom. The van der Waals surface area contributed by atoms with Crippen LogP contribution < -0.4 is 0 Å². The van der Waals surface area contributed by atoms with E-state index in [1.165, 1.54) is 6.07 Å². The van der Waals surface area contributed by atoms with E-state index in [9.17, 15) is 14.0 Å². The summed E-state index contributed by atoms with van der Waals surface area (Å²) in [7, 11) is 1.73. The summed E-state index contributed by atoms with van der Waals surface area (Å²) in [5, 5.41) is 4.09. The normalized spacial score (nSPS) is 16.5. The van der Waals surface area contributed by atoms with Gasteiger partial charge < -0.3 is 9.80 Å². The number of hydrogen-bond acceptors (Lipinski definition) is 3. The molecule has 2 amide bonds. The van der Waals surface area contributed by atoms with Crippen molar-refractivity contribution >= 4 is 11.8 Å². The molecule has 1 fully saturated rings. The monoisotopic (exact) mass is 446 g/mol. The van der Waals surface area contributed by atoms with E-state index < -0.39 is 0 Å². The minimum Gasteiger partial charge on any atom is -0.337 e. The van der Waals surface area contributed by atoms with Gasteiger partial charge >= 0.3 is 0 Å². The molecule has 0 spiro atoms. The summed E-state index contributed by atoms with van der Waals surface area (Å²) >= 11 is 0. The number of aryl methyl sites for hydroxylation is 1. The van der Waals surface area contributed by atoms with Gasteiger partial charge in [0.2, 0.25) is 5.91 Å². The van der Waals surface area contributed by atoms with Crippen LogP contribution in [0.4, 0.5) is 4.39 Å². The molecule has 1 aliphatic rings. The van der Waals surface area contributed by atoms with Gasteiger partial charge in [0.25, 0.3) is 5.91 Å². The number of benzene rings is 2. The molecule has 0 aliphatic carbocycles. The Kier molecular flexibility index (Phi) is 6.68. The van der Waals surface area contributed by atoms with E-state index >= 15 is 0 Å². The van der Waals surface area contributed by atoms with Gasteiger partial charge in [0.1, 0.15) is 11.5 Å². The molecule has 3 aromatic rings. The summed E-state index contributed by atoms with van der Waals surface area (Å²) in [4.78, 5) is 29.9. The first kappa shape index (κ1) is 22.5. The smallest absolute Gasteiger partial charge is 0.272 e. The Bertz CT molecular complexity index is 1160. The van der Waals surface area contributed by atoms with Crippen LogP contribution in [0.15, 0.2) is 73.4 Å². The zero-order valence-corrected chi connectivity index (χ0v) is 18.7.